The number of rotatable bonds is 6. The van der Waals surface area contributed by atoms with Crippen molar-refractivity contribution in [3.8, 4) is 0 Å². The van der Waals surface area contributed by atoms with Crippen molar-refractivity contribution < 1.29 is 4.74 Å². The van der Waals surface area contributed by atoms with Gasteiger partial charge in [-0.25, -0.2) is 0 Å². The summed E-state index contributed by atoms with van der Waals surface area (Å²) in [5.74, 6) is 0.549. The van der Waals surface area contributed by atoms with Crippen LogP contribution < -0.4 is 11.1 Å². The van der Waals surface area contributed by atoms with Crippen molar-refractivity contribution in [2.75, 3.05) is 59.0 Å². The first kappa shape index (κ1) is 18.9. The quantitative estimate of drug-likeness (QED) is 0.375. The minimum atomic E-state index is 0. The predicted molar refractivity (Wildman–Crippen MR) is 97.4 cm³/mol. The maximum atomic E-state index is 5.87. The molecule has 0 amide bonds. The molecule has 0 radical (unpaired) electrons. The molecule has 21 heavy (non-hydrogen) atoms. The molecule has 0 aromatic carbocycles. The highest BCUT2D eigenvalue weighted by Gasteiger charge is 2.15. The molecule has 7 heteroatoms. The topological polar surface area (TPSA) is 66.1 Å². The van der Waals surface area contributed by atoms with Crippen LogP contribution in [0, 0.1) is 0 Å². The number of aliphatic imine (C=N–C) groups is 1. The average Bonchev–Trinajstić information content (AvgIpc) is 2.99. The van der Waals surface area contributed by atoms with E-state index in [9.17, 15) is 0 Å². The van der Waals surface area contributed by atoms with E-state index >= 15 is 0 Å². The van der Waals surface area contributed by atoms with E-state index in [4.69, 9.17) is 10.5 Å². The monoisotopic (exact) mass is 411 g/mol. The fourth-order valence-corrected chi connectivity index (χ4v) is 2.72. The summed E-state index contributed by atoms with van der Waals surface area (Å²) < 4.78 is 5.52. The first-order valence-electron chi connectivity index (χ1n) is 7.88. The molecule has 0 spiro atoms. The van der Waals surface area contributed by atoms with Crippen LogP contribution in [0.5, 0.6) is 0 Å². The Hall–Kier alpha value is -0.120. The summed E-state index contributed by atoms with van der Waals surface area (Å²) in [6.07, 6.45) is 2.54. The minimum Gasteiger partial charge on any atom is -0.376 e. The molecule has 0 aromatic rings. The van der Waals surface area contributed by atoms with Crippen LogP contribution in [-0.2, 0) is 4.74 Å². The van der Waals surface area contributed by atoms with Gasteiger partial charge in [-0.15, -0.1) is 24.0 Å². The van der Waals surface area contributed by atoms with Gasteiger partial charge in [0.05, 0.1) is 12.6 Å². The Morgan fingerprint density at radius 1 is 1.29 bits per heavy atom. The lowest BCUT2D eigenvalue weighted by Gasteiger charge is -2.33. The maximum absolute atomic E-state index is 5.87. The standard InChI is InChI=1S/C14H29N5O.HI/c1-2-18-7-9-19(10-8-18)6-5-16-14(15)17-12-13-4-3-11-20-13;/h13H,2-12H2,1H3,(H3,15,16,17);1H. The van der Waals surface area contributed by atoms with E-state index in [0.29, 0.717) is 12.5 Å². The number of guanidine groups is 1. The molecule has 3 N–H and O–H groups in total. The van der Waals surface area contributed by atoms with Gasteiger partial charge in [-0.2, -0.15) is 0 Å². The molecule has 0 aromatic heterocycles. The largest absolute Gasteiger partial charge is 0.376 e. The number of nitrogens with two attached hydrogens (primary N) is 1. The lowest BCUT2D eigenvalue weighted by molar-refractivity contribution is 0.117. The summed E-state index contributed by atoms with van der Waals surface area (Å²) in [6.45, 7) is 11.5. The van der Waals surface area contributed by atoms with Crippen LogP contribution >= 0.6 is 24.0 Å². The van der Waals surface area contributed by atoms with E-state index in [2.05, 4.69) is 27.0 Å². The van der Waals surface area contributed by atoms with Crippen LogP contribution in [0.3, 0.4) is 0 Å². The second-order valence-electron chi connectivity index (χ2n) is 5.56. The molecule has 1 atom stereocenters. The lowest BCUT2D eigenvalue weighted by atomic mass is 10.2. The van der Waals surface area contributed by atoms with Crippen LogP contribution in [0.25, 0.3) is 0 Å². The van der Waals surface area contributed by atoms with Crippen LogP contribution in [-0.4, -0.2) is 80.8 Å². The molecule has 2 aliphatic heterocycles. The van der Waals surface area contributed by atoms with E-state index in [1.54, 1.807) is 0 Å². The molecule has 2 heterocycles. The number of nitrogens with zero attached hydrogens (tertiary/aromatic N) is 3. The smallest absolute Gasteiger partial charge is 0.188 e. The van der Waals surface area contributed by atoms with E-state index in [0.717, 1.165) is 52.2 Å². The third-order valence-electron chi connectivity index (χ3n) is 4.14. The van der Waals surface area contributed by atoms with Crippen molar-refractivity contribution in [3.63, 3.8) is 0 Å². The van der Waals surface area contributed by atoms with Gasteiger partial charge < -0.3 is 20.7 Å². The van der Waals surface area contributed by atoms with Crippen LogP contribution in [0.2, 0.25) is 0 Å². The van der Waals surface area contributed by atoms with Gasteiger partial charge >= 0.3 is 0 Å². The lowest BCUT2D eigenvalue weighted by Crippen LogP contribution is -2.48. The number of piperazine rings is 1. The number of likely N-dealkylation sites (N-methyl/N-ethyl adjacent to an activating group) is 1. The second-order valence-corrected chi connectivity index (χ2v) is 5.56. The zero-order valence-corrected chi connectivity index (χ0v) is 15.4. The van der Waals surface area contributed by atoms with Crippen molar-refractivity contribution in [1.82, 2.24) is 15.1 Å². The van der Waals surface area contributed by atoms with E-state index < -0.39 is 0 Å². The van der Waals surface area contributed by atoms with Crippen molar-refractivity contribution >= 4 is 29.9 Å². The summed E-state index contributed by atoms with van der Waals surface area (Å²) >= 11 is 0. The highest BCUT2D eigenvalue weighted by Crippen LogP contribution is 2.11. The third kappa shape index (κ3) is 7.12. The Kier molecular flexibility index (Phi) is 9.54. The minimum absolute atomic E-state index is 0. The van der Waals surface area contributed by atoms with Crippen LogP contribution in [0.1, 0.15) is 19.8 Å². The van der Waals surface area contributed by atoms with Gasteiger partial charge in [-0.1, -0.05) is 6.92 Å². The Balaban J connectivity index is 0.00000220. The highest BCUT2D eigenvalue weighted by atomic mass is 127. The van der Waals surface area contributed by atoms with Gasteiger partial charge in [0.2, 0.25) is 0 Å². The molecule has 2 aliphatic rings. The second kappa shape index (κ2) is 10.6. The van der Waals surface area contributed by atoms with Gasteiger partial charge in [0, 0.05) is 45.9 Å². The zero-order chi connectivity index (χ0) is 14.2. The summed E-state index contributed by atoms with van der Waals surface area (Å²) in [5.41, 5.74) is 5.87. The van der Waals surface area contributed by atoms with Crippen molar-refractivity contribution in [1.29, 1.82) is 0 Å². The number of hydrogen-bond acceptors (Lipinski definition) is 4. The van der Waals surface area contributed by atoms with Crippen LogP contribution in [0.4, 0.5) is 0 Å². The first-order chi connectivity index (χ1) is 9.78. The SMILES string of the molecule is CCN1CCN(CCNC(N)=NCC2CCCO2)CC1.I. The third-order valence-corrected chi connectivity index (χ3v) is 4.14. The van der Waals surface area contributed by atoms with Gasteiger partial charge in [0.25, 0.3) is 0 Å². The number of nitrogens with one attached hydrogen (secondary N) is 1. The Morgan fingerprint density at radius 3 is 2.62 bits per heavy atom. The maximum Gasteiger partial charge on any atom is 0.188 e. The van der Waals surface area contributed by atoms with Crippen LogP contribution in [0.15, 0.2) is 4.99 Å². The van der Waals surface area contributed by atoms with E-state index in [1.165, 1.54) is 13.1 Å². The normalized spacial score (nSPS) is 24.8. The zero-order valence-electron chi connectivity index (χ0n) is 13.1. The number of hydrogen-bond donors (Lipinski definition) is 2. The first-order valence-corrected chi connectivity index (χ1v) is 7.88. The van der Waals surface area contributed by atoms with Gasteiger partial charge in [0.15, 0.2) is 5.96 Å². The summed E-state index contributed by atoms with van der Waals surface area (Å²) in [6, 6.07) is 0. The molecule has 0 saturated carbocycles. The molecule has 6 nitrogen and oxygen atoms in total. The molecule has 1 unspecified atom stereocenters. The Labute approximate surface area is 145 Å². The van der Waals surface area contributed by atoms with Crippen molar-refractivity contribution in [3.05, 3.63) is 0 Å². The van der Waals surface area contributed by atoms with Crippen molar-refractivity contribution in [2.45, 2.75) is 25.9 Å². The number of halogens is 1. The Bertz CT molecular complexity index is 302. The van der Waals surface area contributed by atoms with E-state index in [1.807, 2.05) is 0 Å². The molecule has 124 valence electrons. The molecule has 2 fully saturated rings. The molecule has 0 bridgehead atoms. The average molecular weight is 411 g/mol. The molecular weight excluding hydrogens is 381 g/mol. The summed E-state index contributed by atoms with van der Waals surface area (Å²) in [7, 11) is 0. The fraction of sp³-hybridized carbons (Fsp3) is 0.929. The van der Waals surface area contributed by atoms with Gasteiger partial charge in [-0.05, 0) is 19.4 Å². The Morgan fingerprint density at radius 2 is 2.00 bits per heavy atom. The summed E-state index contributed by atoms with van der Waals surface area (Å²) in [5, 5.41) is 3.20. The van der Waals surface area contributed by atoms with Crippen molar-refractivity contribution in [2.24, 2.45) is 10.7 Å². The number of ether oxygens (including phenoxy) is 1. The molecule has 2 saturated heterocycles. The fourth-order valence-electron chi connectivity index (χ4n) is 2.72. The van der Waals surface area contributed by atoms with Gasteiger partial charge in [-0.3, -0.25) is 9.89 Å². The molecule has 0 aliphatic carbocycles. The predicted octanol–water partition coefficient (Wildman–Crippen LogP) is 0.325. The molecular formula is C14H30IN5O. The van der Waals surface area contributed by atoms with Gasteiger partial charge in [0.1, 0.15) is 0 Å². The van der Waals surface area contributed by atoms with E-state index in [-0.39, 0.29) is 30.1 Å². The highest BCUT2D eigenvalue weighted by molar-refractivity contribution is 14.0. The molecule has 2 rings (SSSR count). The summed E-state index contributed by atoms with van der Waals surface area (Å²) in [4.78, 5) is 9.31.